The van der Waals surface area contributed by atoms with Gasteiger partial charge in [-0.15, -0.1) is 11.3 Å². The van der Waals surface area contributed by atoms with Crippen molar-refractivity contribution in [2.75, 3.05) is 18.0 Å². The molecular formula is C21H30N4OS. The van der Waals surface area contributed by atoms with E-state index in [-0.39, 0.29) is 11.3 Å². The molecule has 0 aliphatic carbocycles. The summed E-state index contributed by atoms with van der Waals surface area (Å²) in [4.78, 5) is 24.8. The predicted molar refractivity (Wildman–Crippen MR) is 112 cm³/mol. The first-order chi connectivity index (χ1) is 12.8. The van der Waals surface area contributed by atoms with Gasteiger partial charge in [-0.1, -0.05) is 39.7 Å². The highest BCUT2D eigenvalue weighted by Crippen LogP contribution is 2.29. The molecule has 0 unspecified atom stereocenters. The zero-order chi connectivity index (χ0) is 19.4. The Morgan fingerprint density at radius 2 is 1.89 bits per heavy atom. The first-order valence-electron chi connectivity index (χ1n) is 9.80. The minimum absolute atomic E-state index is 0.0406. The molecule has 146 valence electrons. The molecule has 27 heavy (non-hydrogen) atoms. The van der Waals surface area contributed by atoms with Crippen molar-refractivity contribution in [3.05, 3.63) is 39.5 Å². The van der Waals surface area contributed by atoms with Gasteiger partial charge in [-0.05, 0) is 31.4 Å². The van der Waals surface area contributed by atoms with Gasteiger partial charge >= 0.3 is 0 Å². The number of hydrogen-bond donors (Lipinski definition) is 1. The van der Waals surface area contributed by atoms with Crippen molar-refractivity contribution >= 4 is 23.1 Å². The SMILES string of the molecule is Cc1nc(C(C)(C)C)sc1C(=O)NCc1ccc(N2CCCCCC2)nc1. The number of carbonyl (C=O) groups is 1. The van der Waals surface area contributed by atoms with Crippen molar-refractivity contribution in [2.24, 2.45) is 0 Å². The fraction of sp³-hybridized carbons (Fsp3) is 0.571. The molecule has 2 aromatic heterocycles. The molecule has 5 nitrogen and oxygen atoms in total. The van der Waals surface area contributed by atoms with Crippen molar-refractivity contribution in [2.45, 2.75) is 65.3 Å². The Morgan fingerprint density at radius 3 is 2.44 bits per heavy atom. The number of anilines is 1. The number of rotatable bonds is 4. The normalized spacial score (nSPS) is 15.5. The van der Waals surface area contributed by atoms with E-state index in [1.807, 2.05) is 13.1 Å². The quantitative estimate of drug-likeness (QED) is 0.843. The molecule has 0 atom stereocenters. The smallest absolute Gasteiger partial charge is 0.263 e. The summed E-state index contributed by atoms with van der Waals surface area (Å²) < 4.78 is 0. The molecule has 1 amide bonds. The topological polar surface area (TPSA) is 58.1 Å². The highest BCUT2D eigenvalue weighted by molar-refractivity contribution is 7.14. The zero-order valence-electron chi connectivity index (χ0n) is 16.8. The molecule has 3 rings (SSSR count). The summed E-state index contributed by atoms with van der Waals surface area (Å²) in [5, 5.41) is 4.00. The van der Waals surface area contributed by atoms with Crippen LogP contribution in [-0.4, -0.2) is 29.0 Å². The molecule has 0 bridgehead atoms. The van der Waals surface area contributed by atoms with E-state index in [2.05, 4.69) is 53.1 Å². The number of aryl methyl sites for hydroxylation is 1. The number of pyridine rings is 1. The molecular weight excluding hydrogens is 356 g/mol. The predicted octanol–water partition coefficient (Wildman–Crippen LogP) is 4.45. The van der Waals surface area contributed by atoms with Gasteiger partial charge in [0.1, 0.15) is 10.7 Å². The average molecular weight is 387 g/mol. The molecule has 1 saturated heterocycles. The minimum Gasteiger partial charge on any atom is -0.357 e. The summed E-state index contributed by atoms with van der Waals surface area (Å²) in [6, 6.07) is 4.14. The van der Waals surface area contributed by atoms with Crippen LogP contribution in [-0.2, 0) is 12.0 Å². The number of thiazole rings is 1. The van der Waals surface area contributed by atoms with Crippen LogP contribution >= 0.6 is 11.3 Å². The van der Waals surface area contributed by atoms with Gasteiger partial charge in [0.05, 0.1) is 10.7 Å². The lowest BCUT2D eigenvalue weighted by Crippen LogP contribution is -2.25. The van der Waals surface area contributed by atoms with Gasteiger partial charge in [0, 0.05) is 31.2 Å². The summed E-state index contributed by atoms with van der Waals surface area (Å²) in [6.45, 7) is 10.9. The van der Waals surface area contributed by atoms with Crippen LogP contribution in [0.3, 0.4) is 0 Å². The van der Waals surface area contributed by atoms with Gasteiger partial charge < -0.3 is 10.2 Å². The lowest BCUT2D eigenvalue weighted by atomic mass is 9.98. The van der Waals surface area contributed by atoms with Crippen LogP contribution in [0.2, 0.25) is 0 Å². The zero-order valence-corrected chi connectivity index (χ0v) is 17.7. The van der Waals surface area contributed by atoms with E-state index in [0.29, 0.717) is 11.4 Å². The Morgan fingerprint density at radius 1 is 1.19 bits per heavy atom. The minimum atomic E-state index is -0.0582. The summed E-state index contributed by atoms with van der Waals surface area (Å²) in [6.07, 6.45) is 6.98. The van der Waals surface area contributed by atoms with Crippen molar-refractivity contribution in [1.82, 2.24) is 15.3 Å². The number of carbonyl (C=O) groups excluding carboxylic acids is 1. The van der Waals surface area contributed by atoms with Gasteiger partial charge in [-0.25, -0.2) is 9.97 Å². The maximum Gasteiger partial charge on any atom is 0.263 e. The van der Waals surface area contributed by atoms with Crippen LogP contribution < -0.4 is 10.2 Å². The number of amides is 1. The molecule has 1 aliphatic heterocycles. The lowest BCUT2D eigenvalue weighted by Gasteiger charge is -2.21. The summed E-state index contributed by atoms with van der Waals surface area (Å²) in [5.41, 5.74) is 1.78. The third kappa shape index (κ3) is 5.06. The van der Waals surface area contributed by atoms with E-state index in [0.717, 1.165) is 35.2 Å². The number of aromatic nitrogens is 2. The highest BCUT2D eigenvalue weighted by Gasteiger charge is 2.23. The fourth-order valence-electron chi connectivity index (χ4n) is 3.20. The number of nitrogens with zero attached hydrogens (tertiary/aromatic N) is 3. The monoisotopic (exact) mass is 386 g/mol. The Kier molecular flexibility index (Phi) is 6.15. The molecule has 3 heterocycles. The van der Waals surface area contributed by atoms with Crippen LogP contribution in [0.5, 0.6) is 0 Å². The summed E-state index contributed by atoms with van der Waals surface area (Å²) in [7, 11) is 0. The van der Waals surface area contributed by atoms with Crippen molar-refractivity contribution in [3.8, 4) is 0 Å². The van der Waals surface area contributed by atoms with Gasteiger partial charge in [0.15, 0.2) is 0 Å². The molecule has 0 saturated carbocycles. The molecule has 1 fully saturated rings. The van der Waals surface area contributed by atoms with Crippen LogP contribution in [0.15, 0.2) is 18.3 Å². The highest BCUT2D eigenvalue weighted by atomic mass is 32.1. The van der Waals surface area contributed by atoms with Crippen LogP contribution in [0.4, 0.5) is 5.82 Å². The Labute approximate surface area is 166 Å². The second kappa shape index (κ2) is 8.38. The summed E-state index contributed by atoms with van der Waals surface area (Å²) >= 11 is 1.49. The van der Waals surface area contributed by atoms with E-state index in [1.165, 1.54) is 37.0 Å². The Balaban J connectivity index is 1.60. The second-order valence-electron chi connectivity index (χ2n) is 8.29. The molecule has 0 spiro atoms. The number of nitrogens with one attached hydrogen (secondary N) is 1. The fourth-order valence-corrected chi connectivity index (χ4v) is 4.24. The van der Waals surface area contributed by atoms with Gasteiger partial charge in [-0.2, -0.15) is 0 Å². The maximum atomic E-state index is 12.6. The van der Waals surface area contributed by atoms with Gasteiger partial charge in [0.2, 0.25) is 0 Å². The maximum absolute atomic E-state index is 12.6. The largest absolute Gasteiger partial charge is 0.357 e. The van der Waals surface area contributed by atoms with Crippen molar-refractivity contribution in [3.63, 3.8) is 0 Å². The van der Waals surface area contributed by atoms with Crippen LogP contribution in [0.1, 0.15) is 72.4 Å². The molecule has 6 heteroatoms. The van der Waals surface area contributed by atoms with E-state index in [9.17, 15) is 4.79 Å². The third-order valence-electron chi connectivity index (χ3n) is 4.84. The van der Waals surface area contributed by atoms with E-state index in [4.69, 9.17) is 0 Å². The van der Waals surface area contributed by atoms with Crippen molar-refractivity contribution in [1.29, 1.82) is 0 Å². The number of hydrogen-bond acceptors (Lipinski definition) is 5. The lowest BCUT2D eigenvalue weighted by molar-refractivity contribution is 0.0954. The van der Waals surface area contributed by atoms with E-state index in [1.54, 1.807) is 0 Å². The van der Waals surface area contributed by atoms with Crippen molar-refractivity contribution < 1.29 is 4.79 Å². The van der Waals surface area contributed by atoms with Gasteiger partial charge in [0.25, 0.3) is 5.91 Å². The van der Waals surface area contributed by atoms with E-state index < -0.39 is 0 Å². The first kappa shape index (κ1) is 19.8. The molecule has 2 aromatic rings. The standard InChI is InChI=1S/C21H30N4OS/c1-15-18(27-20(24-15)21(2,3)4)19(26)23-14-16-9-10-17(22-13-16)25-11-7-5-6-8-12-25/h9-10,13H,5-8,11-12,14H2,1-4H3,(H,23,26). The Hall–Kier alpha value is -1.95. The van der Waals surface area contributed by atoms with E-state index >= 15 is 0 Å². The first-order valence-corrected chi connectivity index (χ1v) is 10.6. The second-order valence-corrected chi connectivity index (χ2v) is 9.29. The average Bonchev–Trinajstić information content (AvgIpc) is 2.85. The molecule has 1 aliphatic rings. The third-order valence-corrected chi connectivity index (χ3v) is 6.42. The van der Waals surface area contributed by atoms with Crippen LogP contribution in [0, 0.1) is 6.92 Å². The van der Waals surface area contributed by atoms with Gasteiger partial charge in [-0.3, -0.25) is 4.79 Å². The molecule has 0 aromatic carbocycles. The van der Waals surface area contributed by atoms with Crippen LogP contribution in [0.25, 0.3) is 0 Å². The summed E-state index contributed by atoms with van der Waals surface area (Å²) in [5.74, 6) is 0.984. The Bertz CT molecular complexity index is 768. The molecule has 1 N–H and O–H groups in total. The molecule has 0 radical (unpaired) electrons.